The zero-order valence-corrected chi connectivity index (χ0v) is 20.9. The Labute approximate surface area is 207 Å². The Morgan fingerprint density at radius 1 is 1.26 bits per heavy atom. The molecule has 3 heterocycles. The van der Waals surface area contributed by atoms with E-state index in [4.69, 9.17) is 19.0 Å². The molecular formula is C22H28N4O7S2. The molecule has 0 saturated carbocycles. The molecule has 4 rings (SSSR count). The third-order valence-corrected chi connectivity index (χ3v) is 7.75. The maximum Gasteiger partial charge on any atom is 0.280 e. The summed E-state index contributed by atoms with van der Waals surface area (Å²) < 4.78 is 43.8. The number of carbonyl (C=O) groups is 1. The highest BCUT2D eigenvalue weighted by Crippen LogP contribution is 2.20. The van der Waals surface area contributed by atoms with Gasteiger partial charge in [-0.3, -0.25) is 10.1 Å². The molecule has 2 atom stereocenters. The van der Waals surface area contributed by atoms with Gasteiger partial charge in [-0.1, -0.05) is 28.6 Å². The van der Waals surface area contributed by atoms with Crippen molar-refractivity contribution in [3.8, 4) is 0 Å². The first-order valence-electron chi connectivity index (χ1n) is 11.2. The fourth-order valence-electron chi connectivity index (χ4n) is 3.56. The number of ether oxygens (including phenoxy) is 3. The van der Waals surface area contributed by atoms with Gasteiger partial charge in [0.2, 0.25) is 10.0 Å². The van der Waals surface area contributed by atoms with E-state index in [1.807, 2.05) is 0 Å². The van der Waals surface area contributed by atoms with Crippen molar-refractivity contribution >= 4 is 38.1 Å². The van der Waals surface area contributed by atoms with Crippen molar-refractivity contribution < 1.29 is 32.3 Å². The lowest BCUT2D eigenvalue weighted by molar-refractivity contribution is -0.110. The highest BCUT2D eigenvalue weighted by Gasteiger charge is 2.23. The van der Waals surface area contributed by atoms with Crippen LogP contribution in [0.15, 0.2) is 40.5 Å². The zero-order valence-electron chi connectivity index (χ0n) is 19.3. The maximum absolute atomic E-state index is 13.1. The van der Waals surface area contributed by atoms with E-state index < -0.39 is 15.9 Å². The van der Waals surface area contributed by atoms with Gasteiger partial charge >= 0.3 is 0 Å². The molecule has 1 aromatic carbocycles. The molecule has 11 nitrogen and oxygen atoms in total. The van der Waals surface area contributed by atoms with Crippen LogP contribution >= 0.6 is 11.3 Å². The van der Waals surface area contributed by atoms with Crippen molar-refractivity contribution in [3.05, 3.63) is 40.9 Å². The van der Waals surface area contributed by atoms with Gasteiger partial charge in [-0.15, -0.1) is 0 Å². The standard InChI is InChI=1S/C22H28N4O7S2/c1-30-14-18-12-23-22(34-18)25-21(27)20(26-33-17-8-10-31-13-17)15-4-6-19(7-5-15)35(28,29)24-11-16-3-2-9-32-16/h4-7,12,16-17,24H,2-3,8-11,13-14H2,1H3,(H,23,25,27)/b26-20+/t16-,17-/m1/s1. The molecule has 0 radical (unpaired) electrons. The molecule has 1 aromatic heterocycles. The van der Waals surface area contributed by atoms with Crippen LogP contribution in [-0.2, 0) is 40.5 Å². The van der Waals surface area contributed by atoms with E-state index in [-0.39, 0.29) is 29.4 Å². The number of hydrogen-bond donors (Lipinski definition) is 2. The number of rotatable bonds is 11. The topological polar surface area (TPSA) is 137 Å². The van der Waals surface area contributed by atoms with Gasteiger partial charge in [-0.05, 0) is 25.0 Å². The molecule has 0 unspecified atom stereocenters. The van der Waals surface area contributed by atoms with Crippen LogP contribution in [0, 0.1) is 0 Å². The summed E-state index contributed by atoms with van der Waals surface area (Å²) in [4.78, 5) is 23.7. The number of aromatic nitrogens is 1. The number of amides is 1. The van der Waals surface area contributed by atoms with Gasteiger partial charge in [-0.2, -0.15) is 0 Å². The third-order valence-electron chi connectivity index (χ3n) is 5.42. The monoisotopic (exact) mass is 524 g/mol. The average molecular weight is 525 g/mol. The first-order valence-corrected chi connectivity index (χ1v) is 13.5. The summed E-state index contributed by atoms with van der Waals surface area (Å²) in [7, 11) is -2.15. The number of anilines is 1. The molecule has 0 bridgehead atoms. The summed E-state index contributed by atoms with van der Waals surface area (Å²) in [6.45, 7) is 2.20. The number of thiazole rings is 1. The second kappa shape index (κ2) is 12.0. The lowest BCUT2D eigenvalue weighted by Crippen LogP contribution is -2.31. The molecule has 2 N–H and O–H groups in total. The van der Waals surface area contributed by atoms with Gasteiger partial charge in [0.25, 0.3) is 5.91 Å². The molecule has 190 valence electrons. The van der Waals surface area contributed by atoms with Crippen LogP contribution in [0.25, 0.3) is 0 Å². The molecule has 2 fully saturated rings. The Balaban J connectivity index is 1.49. The zero-order chi connectivity index (χ0) is 24.7. The predicted octanol–water partition coefficient (Wildman–Crippen LogP) is 1.90. The van der Waals surface area contributed by atoms with E-state index in [0.29, 0.717) is 43.5 Å². The number of benzene rings is 1. The molecule has 2 aromatic rings. The van der Waals surface area contributed by atoms with Crippen LogP contribution in [-0.4, -0.2) is 70.7 Å². The highest BCUT2D eigenvalue weighted by atomic mass is 32.2. The van der Waals surface area contributed by atoms with E-state index in [2.05, 4.69) is 20.2 Å². The number of sulfonamides is 1. The molecule has 13 heteroatoms. The molecule has 35 heavy (non-hydrogen) atoms. The largest absolute Gasteiger partial charge is 0.389 e. The Morgan fingerprint density at radius 2 is 2.09 bits per heavy atom. The van der Waals surface area contributed by atoms with Crippen molar-refractivity contribution in [1.82, 2.24) is 9.71 Å². The molecule has 1 amide bonds. The number of methoxy groups -OCH3 is 1. The summed E-state index contributed by atoms with van der Waals surface area (Å²) in [5.41, 5.74) is 0.393. The van der Waals surface area contributed by atoms with E-state index >= 15 is 0 Å². The van der Waals surface area contributed by atoms with Crippen LogP contribution in [0.5, 0.6) is 0 Å². The van der Waals surface area contributed by atoms with Crippen molar-refractivity contribution in [2.75, 3.05) is 38.8 Å². The highest BCUT2D eigenvalue weighted by molar-refractivity contribution is 7.89. The molecule has 0 aliphatic carbocycles. The molecule has 0 spiro atoms. The average Bonchev–Trinajstić information content (AvgIpc) is 3.62. The quantitative estimate of drug-likeness (QED) is 0.336. The first-order chi connectivity index (χ1) is 16.9. The summed E-state index contributed by atoms with van der Waals surface area (Å²) >= 11 is 1.28. The summed E-state index contributed by atoms with van der Waals surface area (Å²) in [5.74, 6) is -0.533. The molecule has 2 aliphatic heterocycles. The third kappa shape index (κ3) is 7.06. The lowest BCUT2D eigenvalue weighted by atomic mass is 10.1. The number of nitrogens with zero attached hydrogens (tertiary/aromatic N) is 2. The number of oxime groups is 1. The number of hydrogen-bond acceptors (Lipinski definition) is 10. The van der Waals surface area contributed by atoms with Gasteiger partial charge in [0.15, 0.2) is 16.9 Å². The van der Waals surface area contributed by atoms with Crippen LogP contribution in [0.2, 0.25) is 0 Å². The fraction of sp³-hybridized carbons (Fsp3) is 0.500. The maximum atomic E-state index is 13.1. The van der Waals surface area contributed by atoms with E-state index in [1.54, 1.807) is 13.3 Å². The normalized spacial score (nSPS) is 20.8. The molecule has 2 saturated heterocycles. The fourth-order valence-corrected chi connectivity index (χ4v) is 5.41. The molecule has 2 aliphatic rings. The minimum atomic E-state index is -3.73. The van der Waals surface area contributed by atoms with Gasteiger partial charge in [0.1, 0.15) is 0 Å². The summed E-state index contributed by atoms with van der Waals surface area (Å²) in [6, 6.07) is 5.89. The van der Waals surface area contributed by atoms with Crippen molar-refractivity contribution in [2.45, 2.75) is 43.0 Å². The first kappa shape index (κ1) is 25.7. The minimum Gasteiger partial charge on any atom is -0.389 e. The van der Waals surface area contributed by atoms with E-state index in [1.165, 1.54) is 35.6 Å². The Kier molecular flexibility index (Phi) is 8.81. The second-order valence-corrected chi connectivity index (χ2v) is 10.9. The Morgan fingerprint density at radius 3 is 2.77 bits per heavy atom. The van der Waals surface area contributed by atoms with Crippen LogP contribution in [0.1, 0.15) is 29.7 Å². The van der Waals surface area contributed by atoms with E-state index in [9.17, 15) is 13.2 Å². The summed E-state index contributed by atoms with van der Waals surface area (Å²) in [6.07, 6.45) is 3.67. The predicted molar refractivity (Wildman–Crippen MR) is 129 cm³/mol. The lowest BCUT2D eigenvalue weighted by Gasteiger charge is -2.12. The molecular weight excluding hydrogens is 496 g/mol. The van der Waals surface area contributed by atoms with Crippen molar-refractivity contribution in [2.24, 2.45) is 5.16 Å². The Hall–Kier alpha value is -2.42. The smallest absolute Gasteiger partial charge is 0.280 e. The van der Waals surface area contributed by atoms with Gasteiger partial charge in [0, 0.05) is 38.4 Å². The SMILES string of the molecule is COCc1cnc(NC(=O)/C(=N/O[C@@H]2CCOC2)c2ccc(S(=O)(=O)NC[C@H]3CCCO3)cc2)s1. The van der Waals surface area contributed by atoms with Crippen molar-refractivity contribution in [3.63, 3.8) is 0 Å². The Bertz CT molecular complexity index is 1120. The van der Waals surface area contributed by atoms with Gasteiger partial charge in [0.05, 0.1) is 35.7 Å². The van der Waals surface area contributed by atoms with Crippen LogP contribution < -0.4 is 10.0 Å². The number of nitrogens with one attached hydrogen (secondary N) is 2. The van der Waals surface area contributed by atoms with Gasteiger partial charge in [-0.25, -0.2) is 18.1 Å². The van der Waals surface area contributed by atoms with Crippen molar-refractivity contribution in [1.29, 1.82) is 0 Å². The van der Waals surface area contributed by atoms with Crippen LogP contribution in [0.3, 0.4) is 0 Å². The minimum absolute atomic E-state index is 0.00310. The summed E-state index contributed by atoms with van der Waals surface area (Å²) in [5, 5.41) is 7.19. The van der Waals surface area contributed by atoms with Gasteiger partial charge < -0.3 is 19.0 Å². The van der Waals surface area contributed by atoms with Crippen LogP contribution in [0.4, 0.5) is 5.13 Å². The second-order valence-electron chi connectivity index (χ2n) is 8.06. The van der Waals surface area contributed by atoms with E-state index in [0.717, 1.165) is 17.7 Å². The number of carbonyl (C=O) groups excluding carboxylic acids is 1.